The number of ether oxygens (including phenoxy) is 1. The summed E-state index contributed by atoms with van der Waals surface area (Å²) < 4.78 is 32.4. The van der Waals surface area contributed by atoms with E-state index in [-0.39, 0.29) is 12.0 Å². The molecule has 5 nitrogen and oxygen atoms in total. The molecule has 0 unspecified atom stereocenters. The van der Waals surface area contributed by atoms with E-state index in [0.29, 0.717) is 10.6 Å². The number of esters is 1. The summed E-state index contributed by atoms with van der Waals surface area (Å²) in [5.74, 6) is -0.165. The highest BCUT2D eigenvalue weighted by Gasteiger charge is 2.51. The van der Waals surface area contributed by atoms with Gasteiger partial charge in [0, 0.05) is 6.04 Å². The Kier molecular flexibility index (Phi) is 4.07. The molecule has 0 amide bonds. The van der Waals surface area contributed by atoms with Gasteiger partial charge in [-0.25, -0.2) is 8.42 Å². The van der Waals surface area contributed by atoms with E-state index >= 15 is 0 Å². The first kappa shape index (κ1) is 15.0. The molecule has 2 aliphatic rings. The summed E-state index contributed by atoms with van der Waals surface area (Å²) in [4.78, 5) is 12.1. The average molecular weight is 329 g/mol. The van der Waals surface area contributed by atoms with Gasteiger partial charge in [0.2, 0.25) is 0 Å². The van der Waals surface area contributed by atoms with Gasteiger partial charge in [-0.15, -0.1) is 11.3 Å². The van der Waals surface area contributed by atoms with E-state index in [2.05, 4.69) is 0 Å². The quantitative estimate of drug-likeness (QED) is 0.798. The van der Waals surface area contributed by atoms with Crippen molar-refractivity contribution in [2.75, 3.05) is 7.11 Å². The number of methoxy groups -OCH3 is 1. The van der Waals surface area contributed by atoms with E-state index in [0.717, 1.165) is 25.7 Å². The van der Waals surface area contributed by atoms with Crippen molar-refractivity contribution >= 4 is 27.3 Å². The standard InChI is InChI=1S/C14H19NO4S2/c1-19-14(16)12-9-10-5-2-3-6-11(10)15(12)21(17,18)13-7-4-8-20-13/h4,7-8,10-12H,2-3,5-6,9H2,1H3/t10-,11+,12-/m0/s1. The Hall–Kier alpha value is -0.920. The van der Waals surface area contributed by atoms with Crippen LogP contribution in [0.25, 0.3) is 0 Å². The lowest BCUT2D eigenvalue weighted by molar-refractivity contribution is -0.144. The zero-order valence-electron chi connectivity index (χ0n) is 11.9. The van der Waals surface area contributed by atoms with Crippen molar-refractivity contribution in [3.05, 3.63) is 17.5 Å². The first-order valence-electron chi connectivity index (χ1n) is 7.20. The molecule has 0 aromatic carbocycles. The summed E-state index contributed by atoms with van der Waals surface area (Å²) in [6.07, 6.45) is 4.55. The number of carbonyl (C=O) groups is 1. The molecule has 0 bridgehead atoms. The molecule has 3 atom stereocenters. The number of rotatable bonds is 3. The molecule has 2 fully saturated rings. The van der Waals surface area contributed by atoms with Crippen LogP contribution in [0.1, 0.15) is 32.1 Å². The molecular formula is C14H19NO4S2. The van der Waals surface area contributed by atoms with Crippen LogP contribution in [0.2, 0.25) is 0 Å². The number of sulfonamides is 1. The summed E-state index contributed by atoms with van der Waals surface area (Å²) in [6, 6.07) is 2.59. The highest BCUT2D eigenvalue weighted by molar-refractivity contribution is 7.91. The number of hydrogen-bond acceptors (Lipinski definition) is 5. The van der Waals surface area contributed by atoms with Gasteiger partial charge in [-0.2, -0.15) is 4.31 Å². The Morgan fingerprint density at radius 2 is 2.14 bits per heavy atom. The fraction of sp³-hybridized carbons (Fsp3) is 0.643. The second-order valence-electron chi connectivity index (χ2n) is 5.65. The van der Waals surface area contributed by atoms with Gasteiger partial charge in [-0.1, -0.05) is 18.9 Å². The molecule has 7 heteroatoms. The van der Waals surface area contributed by atoms with Gasteiger partial charge in [-0.3, -0.25) is 4.79 Å². The highest BCUT2D eigenvalue weighted by Crippen LogP contribution is 2.43. The van der Waals surface area contributed by atoms with E-state index < -0.39 is 22.0 Å². The SMILES string of the molecule is COC(=O)[C@@H]1C[C@@H]2CCCC[C@H]2N1S(=O)(=O)c1cccs1. The highest BCUT2D eigenvalue weighted by atomic mass is 32.2. The predicted octanol–water partition coefficient (Wildman–Crippen LogP) is 2.24. The molecular weight excluding hydrogens is 310 g/mol. The maximum Gasteiger partial charge on any atom is 0.324 e. The van der Waals surface area contributed by atoms with Crippen molar-refractivity contribution in [1.29, 1.82) is 0 Å². The minimum absolute atomic E-state index is 0.0602. The van der Waals surface area contributed by atoms with Crippen LogP contribution in [0.5, 0.6) is 0 Å². The molecule has 1 aliphatic heterocycles. The molecule has 1 aliphatic carbocycles. The van der Waals surface area contributed by atoms with E-state index in [1.54, 1.807) is 17.5 Å². The summed E-state index contributed by atoms with van der Waals surface area (Å²) >= 11 is 1.20. The Bertz CT molecular complexity index is 611. The molecule has 0 radical (unpaired) electrons. The predicted molar refractivity (Wildman–Crippen MR) is 79.5 cm³/mol. The van der Waals surface area contributed by atoms with Crippen LogP contribution in [0, 0.1) is 5.92 Å². The monoisotopic (exact) mass is 329 g/mol. The molecule has 3 rings (SSSR count). The summed E-state index contributed by atoms with van der Waals surface area (Å²) in [7, 11) is -2.30. The van der Waals surface area contributed by atoms with Crippen molar-refractivity contribution in [3.8, 4) is 0 Å². The summed E-state index contributed by atoms with van der Waals surface area (Å²) in [5, 5.41) is 1.74. The molecule has 1 saturated carbocycles. The van der Waals surface area contributed by atoms with Crippen molar-refractivity contribution in [2.24, 2.45) is 5.92 Å². The molecule has 0 spiro atoms. The van der Waals surface area contributed by atoms with E-state index in [4.69, 9.17) is 4.74 Å². The zero-order valence-corrected chi connectivity index (χ0v) is 13.5. The number of hydrogen-bond donors (Lipinski definition) is 0. The van der Waals surface area contributed by atoms with Gasteiger partial charge in [0.1, 0.15) is 10.3 Å². The fourth-order valence-electron chi connectivity index (χ4n) is 3.62. The fourth-order valence-corrected chi connectivity index (χ4v) is 6.58. The Balaban J connectivity index is 2.00. The van der Waals surface area contributed by atoms with Gasteiger partial charge in [0.05, 0.1) is 7.11 Å². The largest absolute Gasteiger partial charge is 0.468 e. The smallest absolute Gasteiger partial charge is 0.324 e. The van der Waals surface area contributed by atoms with Crippen LogP contribution >= 0.6 is 11.3 Å². The zero-order chi connectivity index (χ0) is 15.0. The Morgan fingerprint density at radius 1 is 1.38 bits per heavy atom. The van der Waals surface area contributed by atoms with Crippen molar-refractivity contribution in [1.82, 2.24) is 4.31 Å². The third-order valence-corrected chi connectivity index (χ3v) is 7.84. The summed E-state index contributed by atoms with van der Waals surface area (Å²) in [6.45, 7) is 0. The number of fused-ring (bicyclic) bond motifs is 1. The van der Waals surface area contributed by atoms with Gasteiger partial charge in [0.15, 0.2) is 0 Å². The molecule has 1 aromatic rings. The van der Waals surface area contributed by atoms with Gasteiger partial charge >= 0.3 is 5.97 Å². The molecule has 2 heterocycles. The maximum absolute atomic E-state index is 12.9. The lowest BCUT2D eigenvalue weighted by Gasteiger charge is -2.31. The number of nitrogens with zero attached hydrogens (tertiary/aromatic N) is 1. The van der Waals surface area contributed by atoms with Crippen LogP contribution in [0.4, 0.5) is 0 Å². The average Bonchev–Trinajstić information content (AvgIpc) is 3.13. The van der Waals surface area contributed by atoms with Crippen LogP contribution in [0.15, 0.2) is 21.7 Å². The van der Waals surface area contributed by atoms with Gasteiger partial charge in [-0.05, 0) is 36.6 Å². The Labute approximate surface area is 129 Å². The van der Waals surface area contributed by atoms with Gasteiger partial charge < -0.3 is 4.74 Å². The lowest BCUT2D eigenvalue weighted by Crippen LogP contribution is -2.46. The van der Waals surface area contributed by atoms with E-state index in [1.165, 1.54) is 22.8 Å². The summed E-state index contributed by atoms with van der Waals surface area (Å²) in [5.41, 5.74) is 0. The van der Waals surface area contributed by atoms with Crippen LogP contribution < -0.4 is 0 Å². The minimum Gasteiger partial charge on any atom is -0.468 e. The normalized spacial score (nSPS) is 30.0. The third kappa shape index (κ3) is 2.51. The van der Waals surface area contributed by atoms with Gasteiger partial charge in [0.25, 0.3) is 10.0 Å². The maximum atomic E-state index is 12.9. The second kappa shape index (κ2) is 5.70. The van der Waals surface area contributed by atoms with Crippen molar-refractivity contribution < 1.29 is 17.9 Å². The van der Waals surface area contributed by atoms with E-state index in [1.807, 2.05) is 0 Å². The van der Waals surface area contributed by atoms with E-state index in [9.17, 15) is 13.2 Å². The first-order chi connectivity index (χ1) is 10.1. The molecule has 1 saturated heterocycles. The van der Waals surface area contributed by atoms with Crippen LogP contribution in [-0.2, 0) is 19.6 Å². The second-order valence-corrected chi connectivity index (χ2v) is 8.67. The molecule has 0 N–H and O–H groups in total. The van der Waals surface area contributed by atoms with Crippen molar-refractivity contribution in [3.63, 3.8) is 0 Å². The minimum atomic E-state index is -3.62. The number of carbonyl (C=O) groups excluding carboxylic acids is 1. The topological polar surface area (TPSA) is 63.7 Å². The lowest BCUT2D eigenvalue weighted by atomic mass is 9.85. The number of thiophene rings is 1. The van der Waals surface area contributed by atoms with Crippen molar-refractivity contribution in [2.45, 2.75) is 48.4 Å². The third-order valence-electron chi connectivity index (χ3n) is 4.53. The molecule has 116 valence electrons. The first-order valence-corrected chi connectivity index (χ1v) is 9.52. The van der Waals surface area contributed by atoms with Crippen LogP contribution in [0.3, 0.4) is 0 Å². The molecule has 1 aromatic heterocycles. The van der Waals surface area contributed by atoms with Crippen LogP contribution in [-0.4, -0.2) is 37.9 Å². The Morgan fingerprint density at radius 3 is 2.81 bits per heavy atom. The molecule has 21 heavy (non-hydrogen) atoms.